The Labute approximate surface area is 827 Å². The second-order valence-corrected chi connectivity index (χ2v) is 37.1. The molecule has 0 N–H and O–H groups in total. The van der Waals surface area contributed by atoms with Gasteiger partial charge in [0.05, 0.1) is 39.9 Å². The molecule has 2 aliphatic carbocycles. The van der Waals surface area contributed by atoms with Gasteiger partial charge in [-0.2, -0.15) is 0 Å². The highest BCUT2D eigenvalue weighted by Crippen LogP contribution is 2.53. The molecular formula is C132H94N10. The highest BCUT2D eigenvalue weighted by molar-refractivity contribution is 5.93. The Morgan fingerprint density at radius 1 is 0.148 bits per heavy atom. The van der Waals surface area contributed by atoms with Crippen LogP contribution in [-0.2, 0) is 10.8 Å². The van der Waals surface area contributed by atoms with Crippen molar-refractivity contribution in [3.8, 4) is 213 Å². The summed E-state index contributed by atoms with van der Waals surface area (Å²) in [6, 6.07) is 164. The summed E-state index contributed by atoms with van der Waals surface area (Å²) in [4.78, 5) is 49.0. The molecule has 0 saturated heterocycles. The van der Waals surface area contributed by atoms with Crippen LogP contribution in [0, 0.1) is 0 Å². The van der Waals surface area contributed by atoms with Gasteiger partial charge in [0.2, 0.25) is 0 Å². The Kier molecular flexibility index (Phi) is 23.6. The lowest BCUT2D eigenvalue weighted by atomic mass is 9.82. The largest absolute Gasteiger partial charge is 0.264 e. The van der Waals surface area contributed by atoms with E-state index in [1.807, 2.05) is 110 Å². The van der Waals surface area contributed by atoms with Gasteiger partial charge < -0.3 is 0 Å². The van der Waals surface area contributed by atoms with Crippen molar-refractivity contribution in [1.29, 1.82) is 0 Å². The molecule has 6 heterocycles. The highest BCUT2D eigenvalue weighted by Gasteiger charge is 2.37. The van der Waals surface area contributed by atoms with Crippen LogP contribution in [0.2, 0.25) is 0 Å². The van der Waals surface area contributed by atoms with Crippen LogP contribution in [0.4, 0.5) is 0 Å². The van der Waals surface area contributed by atoms with Crippen molar-refractivity contribution in [2.24, 2.45) is 0 Å². The van der Waals surface area contributed by atoms with Crippen LogP contribution in [0.15, 0.2) is 498 Å². The summed E-state index contributed by atoms with van der Waals surface area (Å²) in [5.41, 5.74) is 41.4. The third kappa shape index (κ3) is 18.0. The summed E-state index contributed by atoms with van der Waals surface area (Å²) < 4.78 is 0. The van der Waals surface area contributed by atoms with Gasteiger partial charge in [-0.25, -0.2) is 39.9 Å². The van der Waals surface area contributed by atoms with E-state index in [9.17, 15) is 0 Å². The fraction of sp³-hybridized carbons (Fsp3) is 0.0455. The second kappa shape index (κ2) is 38.3. The molecule has 6 aromatic heterocycles. The van der Waals surface area contributed by atoms with E-state index < -0.39 is 0 Å². The lowest BCUT2D eigenvalue weighted by molar-refractivity contribution is 0.660. The molecular weight excluding hydrogens is 1730 g/mol. The van der Waals surface area contributed by atoms with E-state index in [1.165, 1.54) is 60.8 Å². The summed E-state index contributed by atoms with van der Waals surface area (Å²) in [7, 11) is 0. The molecule has 672 valence electrons. The first kappa shape index (κ1) is 87.7. The molecule has 0 aliphatic heterocycles. The quantitative estimate of drug-likeness (QED) is 0.0869. The molecule has 0 bridgehead atoms. The van der Waals surface area contributed by atoms with Crippen molar-refractivity contribution < 1.29 is 0 Å². The number of pyridine rings is 2. The Balaban J connectivity index is 0.000000119. The van der Waals surface area contributed by atoms with E-state index >= 15 is 0 Å². The van der Waals surface area contributed by atoms with Crippen molar-refractivity contribution in [3.63, 3.8) is 0 Å². The number of benzene rings is 17. The number of fused-ring (bicyclic) bond motifs is 7. The number of nitrogens with zero attached hydrogens (tertiary/aromatic N) is 10. The van der Waals surface area contributed by atoms with Gasteiger partial charge >= 0.3 is 0 Å². The number of hydrogen-bond acceptors (Lipinski definition) is 10. The molecule has 23 aromatic rings. The molecule has 17 aromatic carbocycles. The minimum atomic E-state index is -0.0492. The predicted octanol–water partition coefficient (Wildman–Crippen LogP) is 33.1. The normalized spacial score (nSPS) is 12.2. The molecule has 0 amide bonds. The van der Waals surface area contributed by atoms with Crippen molar-refractivity contribution in [2.45, 2.75) is 38.5 Å². The van der Waals surface area contributed by atoms with Crippen molar-refractivity contribution in [2.75, 3.05) is 0 Å². The first-order valence-electron chi connectivity index (χ1n) is 48.1. The highest BCUT2D eigenvalue weighted by atomic mass is 14.9. The second-order valence-electron chi connectivity index (χ2n) is 37.1. The van der Waals surface area contributed by atoms with Gasteiger partial charge in [0, 0.05) is 103 Å². The van der Waals surface area contributed by atoms with E-state index in [1.54, 1.807) is 12.4 Å². The van der Waals surface area contributed by atoms with Crippen LogP contribution < -0.4 is 0 Å². The molecule has 142 heavy (non-hydrogen) atoms. The van der Waals surface area contributed by atoms with Crippen LogP contribution in [-0.4, -0.2) is 49.8 Å². The standard InChI is InChI=1S/2C48H35N3.C36H24N4/c1-48(2)42-18-10-9-17-40(42)41-30-36(24-25-43(41)48)38-27-37(32-20-22-35(23-21-32)44-19-11-12-26-49-44)28-39(29-38)47-50-45(33-13-5-3-6-14-33)31-46(51-47)34-15-7-4-8-16-34;1-48(2)43-18-10-9-17-41(43)42-29-36(23-24-44(42)48)39-26-38(33-21-19-32(20-22-33)37-16-11-25-49-31-37)27-40(28-39)47-50-45(34-12-5-3-6-13-34)30-46(51-47)35-14-7-4-8-15-35;1-3-11-26(12-4-1)33-24-34(27-13-5-2-6-14-27)40-36(39-33)32-22-30(21-31(23-32)35-37-18-9-19-38-35)29-17-16-25-10-7-8-15-28(25)20-29/h2*3-31H,1-2H3;1-24H. The van der Waals surface area contributed by atoms with Crippen molar-refractivity contribution >= 4 is 10.8 Å². The monoisotopic (exact) mass is 1820 g/mol. The lowest BCUT2D eigenvalue weighted by Crippen LogP contribution is -2.14. The molecule has 25 rings (SSSR count). The van der Waals surface area contributed by atoms with Crippen LogP contribution in [0.3, 0.4) is 0 Å². The third-order valence-electron chi connectivity index (χ3n) is 27.3. The minimum Gasteiger partial charge on any atom is -0.264 e. The Bertz CT molecular complexity index is 8040. The molecule has 10 nitrogen and oxygen atoms in total. The maximum atomic E-state index is 5.21. The summed E-state index contributed by atoms with van der Waals surface area (Å²) >= 11 is 0. The Morgan fingerprint density at radius 2 is 0.430 bits per heavy atom. The maximum Gasteiger partial charge on any atom is 0.160 e. The van der Waals surface area contributed by atoms with Gasteiger partial charge in [-0.1, -0.05) is 380 Å². The average Bonchev–Trinajstić information content (AvgIpc) is 1.58. The first-order chi connectivity index (χ1) is 69.8. The summed E-state index contributed by atoms with van der Waals surface area (Å²) in [6.45, 7) is 9.30. The average molecular weight is 1820 g/mol. The van der Waals surface area contributed by atoms with E-state index in [-0.39, 0.29) is 10.8 Å². The molecule has 0 fully saturated rings. The van der Waals surface area contributed by atoms with E-state index in [4.69, 9.17) is 29.9 Å². The molecule has 0 radical (unpaired) electrons. The number of rotatable bonds is 17. The van der Waals surface area contributed by atoms with Crippen LogP contribution >= 0.6 is 0 Å². The van der Waals surface area contributed by atoms with Gasteiger partial charge in [-0.15, -0.1) is 0 Å². The third-order valence-corrected chi connectivity index (χ3v) is 27.3. The van der Waals surface area contributed by atoms with Crippen LogP contribution in [0.1, 0.15) is 49.9 Å². The molecule has 0 atom stereocenters. The fourth-order valence-electron chi connectivity index (χ4n) is 19.9. The van der Waals surface area contributed by atoms with Crippen molar-refractivity contribution in [1.82, 2.24) is 49.8 Å². The van der Waals surface area contributed by atoms with Crippen LogP contribution in [0.25, 0.3) is 224 Å². The molecule has 10 heteroatoms. The summed E-state index contributed by atoms with van der Waals surface area (Å²) in [5.74, 6) is 2.70. The predicted molar refractivity (Wildman–Crippen MR) is 582 cm³/mol. The summed E-state index contributed by atoms with van der Waals surface area (Å²) in [6.07, 6.45) is 9.09. The van der Waals surface area contributed by atoms with E-state index in [2.05, 4.69) is 424 Å². The van der Waals surface area contributed by atoms with Gasteiger partial charge in [0.15, 0.2) is 23.3 Å². The van der Waals surface area contributed by atoms with Gasteiger partial charge in [-0.05, 0) is 237 Å². The first-order valence-corrected chi connectivity index (χ1v) is 48.1. The Morgan fingerprint density at radius 3 is 0.810 bits per heavy atom. The zero-order chi connectivity index (χ0) is 95.5. The van der Waals surface area contributed by atoms with Gasteiger partial charge in [0.25, 0.3) is 0 Å². The molecule has 0 spiro atoms. The van der Waals surface area contributed by atoms with Gasteiger partial charge in [0.1, 0.15) is 0 Å². The van der Waals surface area contributed by atoms with E-state index in [0.29, 0.717) is 23.3 Å². The SMILES string of the molecule is CC1(C)c2ccccc2-c2cc(-c3cc(-c4ccc(-c5ccccn5)cc4)cc(-c4nc(-c5ccccc5)cc(-c5ccccc5)n4)c3)ccc21.CC1(C)c2ccccc2-c2cc(-c3cc(-c4ccc(-c5cccnc5)cc4)cc(-c4nc(-c5ccccc5)cc(-c5ccccc5)n4)c3)ccc21.c1ccc(-c2cc(-c3ccccc3)nc(-c3cc(-c4ccc5ccccc5c4)cc(-c4ncccn4)c3)n2)cc1. The molecule has 2 aliphatic rings. The Hall–Kier alpha value is -18.4. The van der Waals surface area contributed by atoms with E-state index in [0.717, 1.165) is 162 Å². The minimum absolute atomic E-state index is 0.0486. The molecule has 0 saturated carbocycles. The number of aromatic nitrogens is 10. The summed E-state index contributed by atoms with van der Waals surface area (Å²) in [5, 5.41) is 2.40. The van der Waals surface area contributed by atoms with Crippen LogP contribution in [0.5, 0.6) is 0 Å². The van der Waals surface area contributed by atoms with Gasteiger partial charge in [-0.3, -0.25) is 9.97 Å². The smallest absolute Gasteiger partial charge is 0.160 e. The lowest BCUT2D eigenvalue weighted by Gasteiger charge is -2.21. The fourth-order valence-corrected chi connectivity index (χ4v) is 19.9. The zero-order valence-corrected chi connectivity index (χ0v) is 78.8. The van der Waals surface area contributed by atoms with Crippen molar-refractivity contribution in [3.05, 3.63) is 520 Å². The maximum absolute atomic E-state index is 5.21. The zero-order valence-electron chi connectivity index (χ0n) is 78.8. The number of hydrogen-bond donors (Lipinski definition) is 0. The molecule has 0 unspecified atom stereocenters. The topological polar surface area (TPSA) is 129 Å².